The van der Waals surface area contributed by atoms with Crippen molar-refractivity contribution < 1.29 is 8.42 Å². The van der Waals surface area contributed by atoms with Crippen LogP contribution in [0.1, 0.15) is 24.4 Å². The number of fused-ring (bicyclic) bond motifs is 1. The minimum Gasteiger partial charge on any atom is -0.367 e. The molecule has 2 aliphatic heterocycles. The Labute approximate surface area is 114 Å². The van der Waals surface area contributed by atoms with E-state index in [9.17, 15) is 8.42 Å². The smallest absolute Gasteiger partial charge is 0.152 e. The molecule has 1 saturated heterocycles. The Hall–Kier alpha value is -1.07. The van der Waals surface area contributed by atoms with Crippen molar-refractivity contribution in [3.8, 4) is 0 Å². The van der Waals surface area contributed by atoms with E-state index in [1.165, 1.54) is 11.3 Å². The largest absolute Gasteiger partial charge is 0.367 e. The van der Waals surface area contributed by atoms with Crippen molar-refractivity contribution >= 4 is 15.5 Å². The van der Waals surface area contributed by atoms with Gasteiger partial charge in [0.1, 0.15) is 0 Å². The van der Waals surface area contributed by atoms with Gasteiger partial charge in [-0.15, -0.1) is 0 Å². The van der Waals surface area contributed by atoms with Crippen LogP contribution in [0.4, 0.5) is 5.69 Å². The van der Waals surface area contributed by atoms with Crippen molar-refractivity contribution in [1.82, 2.24) is 5.32 Å². The van der Waals surface area contributed by atoms with Gasteiger partial charge >= 0.3 is 0 Å². The lowest BCUT2D eigenvalue weighted by Gasteiger charge is -2.39. The Morgan fingerprint density at radius 2 is 2.05 bits per heavy atom. The molecule has 0 aliphatic carbocycles. The average Bonchev–Trinajstić information content (AvgIpc) is 2.77. The van der Waals surface area contributed by atoms with Gasteiger partial charge in [0, 0.05) is 24.3 Å². The molecule has 0 radical (unpaired) electrons. The van der Waals surface area contributed by atoms with Crippen LogP contribution in [-0.2, 0) is 9.84 Å². The van der Waals surface area contributed by atoms with E-state index in [1.807, 2.05) is 13.1 Å². The molecule has 1 aromatic carbocycles. The minimum atomic E-state index is -2.82. The highest BCUT2D eigenvalue weighted by molar-refractivity contribution is 7.91. The van der Waals surface area contributed by atoms with E-state index in [0.29, 0.717) is 17.5 Å². The zero-order valence-corrected chi connectivity index (χ0v) is 12.0. The van der Waals surface area contributed by atoms with Crippen LogP contribution < -0.4 is 10.2 Å². The van der Waals surface area contributed by atoms with E-state index in [2.05, 4.69) is 28.4 Å². The molecule has 1 aromatic rings. The first kappa shape index (κ1) is 12.9. The quantitative estimate of drug-likeness (QED) is 0.888. The number of rotatable bonds is 2. The van der Waals surface area contributed by atoms with Crippen LogP contribution in [0, 0.1) is 0 Å². The molecule has 0 spiro atoms. The molecule has 2 heterocycles. The summed E-state index contributed by atoms with van der Waals surface area (Å²) >= 11 is 0. The van der Waals surface area contributed by atoms with Gasteiger partial charge in [-0.05, 0) is 31.5 Å². The summed E-state index contributed by atoms with van der Waals surface area (Å²) in [4.78, 5) is 2.30. The summed E-state index contributed by atoms with van der Waals surface area (Å²) in [5, 5.41) is 3.34. The molecule has 4 nitrogen and oxygen atoms in total. The normalized spacial score (nSPS) is 29.2. The summed E-state index contributed by atoms with van der Waals surface area (Å²) < 4.78 is 23.4. The van der Waals surface area contributed by atoms with Crippen molar-refractivity contribution in [3.63, 3.8) is 0 Å². The maximum absolute atomic E-state index is 11.7. The molecule has 1 N–H and O–H groups in total. The summed E-state index contributed by atoms with van der Waals surface area (Å²) in [6, 6.07) is 8.88. The van der Waals surface area contributed by atoms with Gasteiger partial charge in [0.05, 0.1) is 11.5 Å². The van der Waals surface area contributed by atoms with Gasteiger partial charge in [0.25, 0.3) is 0 Å². The van der Waals surface area contributed by atoms with E-state index in [1.54, 1.807) is 0 Å². The third kappa shape index (κ3) is 2.37. The Morgan fingerprint density at radius 3 is 2.74 bits per heavy atom. The van der Waals surface area contributed by atoms with Crippen molar-refractivity contribution in [3.05, 3.63) is 29.8 Å². The van der Waals surface area contributed by atoms with Crippen molar-refractivity contribution in [1.29, 1.82) is 0 Å². The van der Waals surface area contributed by atoms with Crippen molar-refractivity contribution in [2.24, 2.45) is 0 Å². The lowest BCUT2D eigenvalue weighted by atomic mass is 9.95. The third-order valence-electron chi connectivity index (χ3n) is 4.28. The average molecular weight is 280 g/mol. The second kappa shape index (κ2) is 4.80. The summed E-state index contributed by atoms with van der Waals surface area (Å²) in [5.74, 6) is 0.650. The van der Waals surface area contributed by atoms with Crippen LogP contribution in [-0.4, -0.2) is 39.6 Å². The van der Waals surface area contributed by atoms with Crippen LogP contribution in [0.2, 0.25) is 0 Å². The molecule has 0 aromatic heterocycles. The van der Waals surface area contributed by atoms with E-state index in [4.69, 9.17) is 0 Å². The zero-order chi connectivity index (χ0) is 13.5. The summed E-state index contributed by atoms with van der Waals surface area (Å²) in [5.41, 5.74) is 2.50. The Bertz CT molecular complexity index is 571. The maximum atomic E-state index is 11.7. The molecule has 2 atom stereocenters. The number of sulfone groups is 1. The topological polar surface area (TPSA) is 49.4 Å². The van der Waals surface area contributed by atoms with Gasteiger partial charge < -0.3 is 10.2 Å². The predicted molar refractivity (Wildman–Crippen MR) is 77.3 cm³/mol. The van der Waals surface area contributed by atoms with E-state index >= 15 is 0 Å². The number of hydrogen-bond donors (Lipinski definition) is 1. The van der Waals surface area contributed by atoms with Gasteiger partial charge in [-0.1, -0.05) is 18.2 Å². The highest BCUT2D eigenvalue weighted by Crippen LogP contribution is 2.36. The first-order chi connectivity index (χ1) is 9.11. The second-order valence-electron chi connectivity index (χ2n) is 5.44. The molecule has 104 valence electrons. The van der Waals surface area contributed by atoms with Crippen LogP contribution in [0.15, 0.2) is 24.3 Å². The predicted octanol–water partition coefficient (Wildman–Crippen LogP) is 1.34. The van der Waals surface area contributed by atoms with Crippen LogP contribution in [0.25, 0.3) is 0 Å². The van der Waals surface area contributed by atoms with Gasteiger partial charge in [0.15, 0.2) is 9.84 Å². The second-order valence-corrected chi connectivity index (χ2v) is 7.67. The first-order valence-electron chi connectivity index (χ1n) is 6.84. The molecule has 0 amide bonds. The molecule has 3 rings (SSSR count). The van der Waals surface area contributed by atoms with Gasteiger partial charge in [0.2, 0.25) is 0 Å². The number of anilines is 1. The molecule has 5 heteroatoms. The fraction of sp³-hybridized carbons (Fsp3) is 0.571. The molecule has 1 fully saturated rings. The monoisotopic (exact) mass is 280 g/mol. The van der Waals surface area contributed by atoms with Crippen molar-refractivity contribution in [2.45, 2.75) is 24.9 Å². The number of benzene rings is 1. The minimum absolute atomic E-state index is 0.156. The Kier molecular flexibility index (Phi) is 3.27. The van der Waals surface area contributed by atoms with Crippen LogP contribution in [0.3, 0.4) is 0 Å². The molecule has 2 unspecified atom stereocenters. The van der Waals surface area contributed by atoms with Gasteiger partial charge in [-0.2, -0.15) is 0 Å². The number of nitrogens with one attached hydrogen (secondary N) is 1. The van der Waals surface area contributed by atoms with Gasteiger partial charge in [-0.25, -0.2) is 8.42 Å². The highest BCUT2D eigenvalue weighted by atomic mass is 32.2. The summed E-state index contributed by atoms with van der Waals surface area (Å²) in [6.07, 6.45) is 1.80. The summed E-state index contributed by atoms with van der Waals surface area (Å²) in [7, 11) is -0.840. The number of nitrogens with zero attached hydrogens (tertiary/aromatic N) is 1. The summed E-state index contributed by atoms with van der Waals surface area (Å²) in [6.45, 7) is 0.933. The van der Waals surface area contributed by atoms with Crippen LogP contribution >= 0.6 is 0 Å². The fourth-order valence-electron chi connectivity index (χ4n) is 3.29. The fourth-order valence-corrected chi connectivity index (χ4v) is 5.02. The molecule has 19 heavy (non-hydrogen) atoms. The number of para-hydroxylation sites is 1. The molecular weight excluding hydrogens is 260 g/mol. The standard InChI is InChI=1S/C14H20N2O2S/c1-15-13-6-8-16(11-7-9-19(17,18)10-11)14-5-3-2-4-12(13)14/h2-5,11,13,15H,6-10H2,1H3. The zero-order valence-electron chi connectivity index (χ0n) is 11.2. The Morgan fingerprint density at radius 1 is 1.26 bits per heavy atom. The van der Waals surface area contributed by atoms with Gasteiger partial charge in [-0.3, -0.25) is 0 Å². The van der Waals surface area contributed by atoms with E-state index < -0.39 is 9.84 Å². The number of hydrogen-bond acceptors (Lipinski definition) is 4. The molecule has 0 saturated carbocycles. The SMILES string of the molecule is CNC1CCN(C2CCS(=O)(=O)C2)c2ccccc21. The maximum Gasteiger partial charge on any atom is 0.152 e. The Balaban J connectivity index is 1.93. The lowest BCUT2D eigenvalue weighted by Crippen LogP contribution is -2.42. The van der Waals surface area contributed by atoms with E-state index in [-0.39, 0.29) is 6.04 Å². The molecular formula is C14H20N2O2S. The van der Waals surface area contributed by atoms with Crippen molar-refractivity contribution in [2.75, 3.05) is 30.0 Å². The highest BCUT2D eigenvalue weighted by Gasteiger charge is 2.35. The van der Waals surface area contributed by atoms with Crippen LogP contribution in [0.5, 0.6) is 0 Å². The molecule has 0 bridgehead atoms. The third-order valence-corrected chi connectivity index (χ3v) is 6.03. The first-order valence-corrected chi connectivity index (χ1v) is 8.66. The van der Waals surface area contributed by atoms with E-state index in [0.717, 1.165) is 19.4 Å². The molecule has 2 aliphatic rings. The lowest BCUT2D eigenvalue weighted by molar-refractivity contribution is 0.493.